The standard InChI is InChI=1S/C27H23FN6O5/c1-13-19(25(37)32-18-5-3-2-4-17(18)28)26(38)33-24(31-13)27(39)30-11-14-6-7-15-8-9-34(12-16(15)10-14)21-20(29)22(35)23(21)36/h2-7,10H,8-9,11-12,29H2,1H3,(H,30,39)(H,32,37)(H,31,33,38). The highest BCUT2D eigenvalue weighted by Crippen LogP contribution is 2.26. The molecule has 1 aliphatic heterocycles. The summed E-state index contributed by atoms with van der Waals surface area (Å²) in [4.78, 5) is 69.5. The van der Waals surface area contributed by atoms with E-state index in [2.05, 4.69) is 20.6 Å². The molecule has 0 radical (unpaired) electrons. The molecular formula is C27H23FN6O5. The minimum absolute atomic E-state index is 0.00390. The number of aromatic nitrogens is 2. The number of aromatic amines is 1. The number of rotatable bonds is 6. The number of carbonyl (C=O) groups is 2. The average molecular weight is 531 g/mol. The number of aryl methyl sites for hydroxylation is 1. The summed E-state index contributed by atoms with van der Waals surface area (Å²) in [7, 11) is 0. The number of fused-ring (bicyclic) bond motifs is 1. The van der Waals surface area contributed by atoms with Crippen LogP contribution in [0.25, 0.3) is 0 Å². The summed E-state index contributed by atoms with van der Waals surface area (Å²) in [6.45, 7) is 2.48. The number of hydrogen-bond donors (Lipinski definition) is 4. The Labute approximate surface area is 220 Å². The topological polar surface area (TPSA) is 167 Å². The predicted molar refractivity (Wildman–Crippen MR) is 142 cm³/mol. The summed E-state index contributed by atoms with van der Waals surface area (Å²) in [5.41, 5.74) is 6.24. The number of H-pyrrole nitrogens is 1. The van der Waals surface area contributed by atoms with Crippen LogP contribution in [-0.4, -0.2) is 28.3 Å². The number of nitrogens with zero attached hydrogens (tertiary/aromatic N) is 2. The summed E-state index contributed by atoms with van der Waals surface area (Å²) >= 11 is 0. The van der Waals surface area contributed by atoms with Crippen molar-refractivity contribution in [2.24, 2.45) is 0 Å². The Morgan fingerprint density at radius 3 is 2.56 bits per heavy atom. The lowest BCUT2D eigenvalue weighted by Crippen LogP contribution is -2.44. The number of amides is 2. The van der Waals surface area contributed by atoms with Crippen LogP contribution in [0.2, 0.25) is 0 Å². The smallest absolute Gasteiger partial charge is 0.287 e. The van der Waals surface area contributed by atoms with Crippen molar-refractivity contribution >= 4 is 28.9 Å². The van der Waals surface area contributed by atoms with E-state index in [-0.39, 0.29) is 40.7 Å². The largest absolute Gasteiger partial charge is 0.394 e. The Hall–Kier alpha value is -5.13. The molecule has 0 saturated heterocycles. The van der Waals surface area contributed by atoms with Crippen LogP contribution in [0, 0.1) is 12.7 Å². The molecule has 3 aromatic carbocycles. The van der Waals surface area contributed by atoms with Crippen molar-refractivity contribution in [3.05, 3.63) is 113 Å². The van der Waals surface area contributed by atoms with Gasteiger partial charge in [-0.3, -0.25) is 24.0 Å². The van der Waals surface area contributed by atoms with Gasteiger partial charge in [-0.1, -0.05) is 30.3 Å². The first kappa shape index (κ1) is 25.5. The van der Waals surface area contributed by atoms with Crippen molar-refractivity contribution in [2.45, 2.75) is 26.4 Å². The summed E-state index contributed by atoms with van der Waals surface area (Å²) in [6.07, 6.45) is 0.668. The van der Waals surface area contributed by atoms with E-state index in [0.717, 1.165) is 16.7 Å². The Kier molecular flexibility index (Phi) is 6.52. The highest BCUT2D eigenvalue weighted by atomic mass is 19.1. The van der Waals surface area contributed by atoms with E-state index in [4.69, 9.17) is 5.73 Å². The van der Waals surface area contributed by atoms with E-state index in [1.807, 2.05) is 18.2 Å². The predicted octanol–water partition coefficient (Wildman–Crippen LogP) is 1.14. The first-order valence-corrected chi connectivity index (χ1v) is 12.0. The van der Waals surface area contributed by atoms with E-state index in [1.54, 1.807) is 4.90 Å². The molecule has 0 aliphatic carbocycles. The van der Waals surface area contributed by atoms with E-state index in [9.17, 15) is 28.4 Å². The number of nitrogens with two attached hydrogens (primary N) is 1. The monoisotopic (exact) mass is 530 g/mol. The van der Waals surface area contributed by atoms with Crippen molar-refractivity contribution in [3.63, 3.8) is 0 Å². The lowest BCUT2D eigenvalue weighted by atomic mass is 9.96. The molecule has 2 heterocycles. The number of nitrogens with one attached hydrogen (secondary N) is 3. The molecule has 1 aliphatic rings. The van der Waals surface area contributed by atoms with Gasteiger partial charge in [-0.25, -0.2) is 9.37 Å². The highest BCUT2D eigenvalue weighted by molar-refractivity contribution is 6.05. The van der Waals surface area contributed by atoms with Crippen LogP contribution in [0.5, 0.6) is 0 Å². The van der Waals surface area contributed by atoms with Crippen molar-refractivity contribution in [1.29, 1.82) is 0 Å². The van der Waals surface area contributed by atoms with Gasteiger partial charge in [0.1, 0.15) is 22.8 Å². The van der Waals surface area contributed by atoms with Crippen molar-refractivity contribution in [1.82, 2.24) is 15.3 Å². The van der Waals surface area contributed by atoms with Gasteiger partial charge in [0, 0.05) is 19.6 Å². The summed E-state index contributed by atoms with van der Waals surface area (Å²) < 4.78 is 13.9. The van der Waals surface area contributed by atoms with Crippen LogP contribution in [0.3, 0.4) is 0 Å². The molecule has 0 unspecified atom stereocenters. The molecule has 0 atom stereocenters. The van der Waals surface area contributed by atoms with Gasteiger partial charge < -0.3 is 26.3 Å². The highest BCUT2D eigenvalue weighted by Gasteiger charge is 2.27. The maximum absolute atomic E-state index is 13.9. The van der Waals surface area contributed by atoms with Gasteiger partial charge in [0.05, 0.1) is 11.4 Å². The lowest BCUT2D eigenvalue weighted by Gasteiger charge is -2.32. The molecule has 0 fully saturated rings. The third kappa shape index (κ3) is 4.79. The zero-order valence-electron chi connectivity index (χ0n) is 20.8. The van der Waals surface area contributed by atoms with Crippen LogP contribution in [0.4, 0.5) is 21.5 Å². The van der Waals surface area contributed by atoms with E-state index < -0.39 is 34.0 Å². The zero-order valence-corrected chi connectivity index (χ0v) is 20.8. The minimum Gasteiger partial charge on any atom is -0.394 e. The van der Waals surface area contributed by atoms with Crippen molar-refractivity contribution in [2.75, 3.05) is 22.5 Å². The fourth-order valence-corrected chi connectivity index (χ4v) is 4.60. The Morgan fingerprint density at radius 2 is 1.85 bits per heavy atom. The molecule has 0 saturated carbocycles. The van der Waals surface area contributed by atoms with Crippen LogP contribution in [0.1, 0.15) is 43.4 Å². The third-order valence-corrected chi connectivity index (χ3v) is 6.64. The van der Waals surface area contributed by atoms with E-state index >= 15 is 0 Å². The average Bonchev–Trinajstić information content (AvgIpc) is 2.92. The first-order valence-electron chi connectivity index (χ1n) is 12.0. The summed E-state index contributed by atoms with van der Waals surface area (Å²) in [6, 6.07) is 11.2. The van der Waals surface area contributed by atoms with Crippen molar-refractivity contribution < 1.29 is 14.0 Å². The van der Waals surface area contributed by atoms with Gasteiger partial charge in [-0.15, -0.1) is 0 Å². The fourth-order valence-electron chi connectivity index (χ4n) is 4.60. The van der Waals surface area contributed by atoms with Gasteiger partial charge in [0.2, 0.25) is 0 Å². The molecule has 5 N–H and O–H groups in total. The van der Waals surface area contributed by atoms with Crippen LogP contribution in [-0.2, 0) is 19.5 Å². The van der Waals surface area contributed by atoms with Crippen LogP contribution in [0.15, 0.2) is 56.8 Å². The molecule has 4 aromatic rings. The molecule has 5 rings (SSSR count). The SMILES string of the molecule is Cc1nc(C(=O)NCc2ccc3c(c2)CN(c2c(N)c(=O)c2=O)CC3)[nH]c(=O)c1C(=O)Nc1ccccc1F. The second-order valence-corrected chi connectivity index (χ2v) is 9.19. The number of para-hydroxylation sites is 1. The van der Waals surface area contributed by atoms with Gasteiger partial charge in [-0.2, -0.15) is 0 Å². The Morgan fingerprint density at radius 1 is 1.08 bits per heavy atom. The minimum atomic E-state index is -0.855. The number of nitrogen functional groups attached to an aromatic ring is 1. The fraction of sp³-hybridized carbons (Fsp3) is 0.185. The van der Waals surface area contributed by atoms with Crippen molar-refractivity contribution in [3.8, 4) is 0 Å². The number of benzene rings is 2. The molecule has 1 aromatic heterocycles. The van der Waals surface area contributed by atoms with E-state index in [1.165, 1.54) is 31.2 Å². The normalized spacial score (nSPS) is 12.7. The zero-order chi connectivity index (χ0) is 27.8. The molecule has 0 bridgehead atoms. The molecule has 12 heteroatoms. The van der Waals surface area contributed by atoms with Crippen LogP contribution < -0.4 is 37.7 Å². The quantitative estimate of drug-likeness (QED) is 0.269. The van der Waals surface area contributed by atoms with Gasteiger partial charge in [-0.05, 0) is 42.2 Å². The third-order valence-electron chi connectivity index (χ3n) is 6.64. The maximum Gasteiger partial charge on any atom is 0.287 e. The molecule has 2 amide bonds. The Balaban J connectivity index is 1.26. The second kappa shape index (κ2) is 9.97. The van der Waals surface area contributed by atoms with Gasteiger partial charge in [0.15, 0.2) is 5.82 Å². The van der Waals surface area contributed by atoms with E-state index in [0.29, 0.717) is 19.5 Å². The molecule has 39 heavy (non-hydrogen) atoms. The number of halogens is 1. The maximum atomic E-state index is 13.9. The Bertz CT molecular complexity index is 1770. The second-order valence-electron chi connectivity index (χ2n) is 9.19. The summed E-state index contributed by atoms with van der Waals surface area (Å²) in [5.74, 6) is -2.45. The number of anilines is 3. The molecule has 0 spiro atoms. The molecular weight excluding hydrogens is 507 g/mol. The van der Waals surface area contributed by atoms with Gasteiger partial charge in [0.25, 0.3) is 28.2 Å². The number of carbonyl (C=O) groups excluding carboxylic acids is 2. The van der Waals surface area contributed by atoms with Crippen LogP contribution >= 0.6 is 0 Å². The van der Waals surface area contributed by atoms with Gasteiger partial charge >= 0.3 is 0 Å². The number of hydrogen-bond acceptors (Lipinski definition) is 8. The molecule has 11 nitrogen and oxygen atoms in total. The molecule has 198 valence electrons. The lowest BCUT2D eigenvalue weighted by molar-refractivity contribution is 0.0937. The summed E-state index contributed by atoms with van der Waals surface area (Å²) in [5, 5.41) is 5.02. The first-order chi connectivity index (χ1) is 18.6.